The van der Waals surface area contributed by atoms with E-state index in [1.807, 2.05) is 31.2 Å². The van der Waals surface area contributed by atoms with Gasteiger partial charge in [-0.05, 0) is 42.8 Å². The summed E-state index contributed by atoms with van der Waals surface area (Å²) in [5, 5.41) is 3.39. The Morgan fingerprint density at radius 1 is 1.18 bits per heavy atom. The molecule has 0 heterocycles. The van der Waals surface area contributed by atoms with E-state index in [-0.39, 0.29) is 5.91 Å². The number of carbonyl (C=O) groups is 1. The normalized spacial score (nSPS) is 10.1. The third kappa shape index (κ3) is 4.15. The van der Waals surface area contributed by atoms with Gasteiger partial charge in [-0.2, -0.15) is 0 Å². The summed E-state index contributed by atoms with van der Waals surface area (Å²) in [7, 11) is 1.51. The van der Waals surface area contributed by atoms with Gasteiger partial charge in [0, 0.05) is 11.6 Å². The fourth-order valence-electron chi connectivity index (χ4n) is 2.00. The van der Waals surface area contributed by atoms with Crippen LogP contribution in [0.4, 0.5) is 0 Å². The molecule has 0 saturated carbocycles. The number of halogens is 1. The zero-order chi connectivity index (χ0) is 15.9. The molecule has 2 aromatic carbocycles. The van der Waals surface area contributed by atoms with Gasteiger partial charge >= 0.3 is 0 Å². The number of methoxy groups -OCH3 is 1. The fourth-order valence-corrected chi connectivity index (χ4v) is 2.16. The van der Waals surface area contributed by atoms with Gasteiger partial charge in [0.25, 0.3) is 5.91 Å². The van der Waals surface area contributed by atoms with Gasteiger partial charge in [-0.3, -0.25) is 4.79 Å². The highest BCUT2D eigenvalue weighted by atomic mass is 35.5. The zero-order valence-electron chi connectivity index (χ0n) is 12.6. The summed E-state index contributed by atoms with van der Waals surface area (Å²) in [5.74, 6) is 1.07. The van der Waals surface area contributed by atoms with Crippen LogP contribution in [0.5, 0.6) is 11.5 Å². The minimum atomic E-state index is -0.206. The number of nitrogens with one attached hydrogen (secondary N) is 1. The van der Waals surface area contributed by atoms with Crippen molar-refractivity contribution < 1.29 is 14.3 Å². The topological polar surface area (TPSA) is 47.6 Å². The molecule has 2 rings (SSSR count). The highest BCUT2D eigenvalue weighted by Gasteiger charge is 2.12. The predicted octanol–water partition coefficient (Wildman–Crippen LogP) is 3.68. The molecule has 0 aliphatic carbocycles. The second kappa shape index (κ2) is 7.71. The summed E-state index contributed by atoms with van der Waals surface area (Å²) in [6.45, 7) is 3.00. The van der Waals surface area contributed by atoms with Gasteiger partial charge < -0.3 is 14.8 Å². The summed E-state index contributed by atoms with van der Waals surface area (Å²) in [5.41, 5.74) is 1.45. The van der Waals surface area contributed by atoms with Crippen molar-refractivity contribution in [2.75, 3.05) is 13.7 Å². The number of hydrogen-bond acceptors (Lipinski definition) is 3. The summed E-state index contributed by atoms with van der Waals surface area (Å²) >= 11 is 5.89. The van der Waals surface area contributed by atoms with Gasteiger partial charge in [-0.15, -0.1) is 0 Å². The molecule has 0 spiro atoms. The van der Waals surface area contributed by atoms with Crippen LogP contribution in [0.2, 0.25) is 5.02 Å². The molecule has 0 aliphatic rings. The molecule has 0 aliphatic heterocycles. The first-order chi connectivity index (χ1) is 10.6. The Kier molecular flexibility index (Phi) is 5.67. The molecule has 0 bridgehead atoms. The SMILES string of the molecule is CCOc1ccc(CNC(=O)c2ccc(Cl)cc2OC)cc1. The summed E-state index contributed by atoms with van der Waals surface area (Å²) in [4.78, 5) is 12.2. The number of carbonyl (C=O) groups excluding carboxylic acids is 1. The third-order valence-electron chi connectivity index (χ3n) is 3.10. The summed E-state index contributed by atoms with van der Waals surface area (Å²) < 4.78 is 10.6. The van der Waals surface area contributed by atoms with Crippen molar-refractivity contribution in [2.45, 2.75) is 13.5 Å². The Bertz CT molecular complexity index is 641. The van der Waals surface area contributed by atoms with Crippen molar-refractivity contribution in [3.63, 3.8) is 0 Å². The molecular weight excluding hydrogens is 302 g/mol. The van der Waals surface area contributed by atoms with E-state index < -0.39 is 0 Å². The molecule has 4 nitrogen and oxygen atoms in total. The van der Waals surface area contributed by atoms with Crippen LogP contribution in [-0.4, -0.2) is 19.6 Å². The van der Waals surface area contributed by atoms with E-state index >= 15 is 0 Å². The Balaban J connectivity index is 2.00. The van der Waals surface area contributed by atoms with Crippen molar-refractivity contribution >= 4 is 17.5 Å². The van der Waals surface area contributed by atoms with E-state index in [0.717, 1.165) is 11.3 Å². The van der Waals surface area contributed by atoms with Crippen molar-refractivity contribution in [2.24, 2.45) is 0 Å². The third-order valence-corrected chi connectivity index (χ3v) is 3.33. The van der Waals surface area contributed by atoms with Gasteiger partial charge in [0.1, 0.15) is 11.5 Å². The van der Waals surface area contributed by atoms with Gasteiger partial charge in [0.05, 0.1) is 19.3 Å². The van der Waals surface area contributed by atoms with E-state index in [2.05, 4.69) is 5.32 Å². The molecule has 1 N–H and O–H groups in total. The number of hydrogen-bond donors (Lipinski definition) is 1. The summed E-state index contributed by atoms with van der Waals surface area (Å²) in [6, 6.07) is 12.5. The minimum Gasteiger partial charge on any atom is -0.496 e. The molecular formula is C17H18ClNO3. The summed E-state index contributed by atoms with van der Waals surface area (Å²) in [6.07, 6.45) is 0. The number of ether oxygens (including phenoxy) is 2. The van der Waals surface area contributed by atoms with Gasteiger partial charge in [-0.1, -0.05) is 23.7 Å². The molecule has 1 amide bonds. The van der Waals surface area contributed by atoms with Crippen LogP contribution >= 0.6 is 11.6 Å². The number of benzene rings is 2. The van der Waals surface area contributed by atoms with Gasteiger partial charge in [0.2, 0.25) is 0 Å². The zero-order valence-corrected chi connectivity index (χ0v) is 13.3. The van der Waals surface area contributed by atoms with Gasteiger partial charge in [-0.25, -0.2) is 0 Å². The molecule has 0 radical (unpaired) electrons. The Morgan fingerprint density at radius 3 is 2.55 bits per heavy atom. The standard InChI is InChI=1S/C17H18ClNO3/c1-3-22-14-7-4-12(5-8-14)11-19-17(20)15-9-6-13(18)10-16(15)21-2/h4-10H,3,11H2,1-2H3,(H,19,20). The maximum Gasteiger partial charge on any atom is 0.255 e. The lowest BCUT2D eigenvalue weighted by molar-refractivity contribution is 0.0948. The fraction of sp³-hybridized carbons (Fsp3) is 0.235. The molecule has 22 heavy (non-hydrogen) atoms. The highest BCUT2D eigenvalue weighted by molar-refractivity contribution is 6.30. The molecule has 116 valence electrons. The van der Waals surface area contributed by atoms with Crippen molar-refractivity contribution in [1.29, 1.82) is 0 Å². The minimum absolute atomic E-state index is 0.206. The predicted molar refractivity (Wildman–Crippen MR) is 86.8 cm³/mol. The van der Waals surface area contributed by atoms with Crippen molar-refractivity contribution in [3.8, 4) is 11.5 Å². The second-order valence-electron chi connectivity index (χ2n) is 4.60. The molecule has 5 heteroatoms. The van der Waals surface area contributed by atoms with Crippen LogP contribution in [-0.2, 0) is 6.54 Å². The van der Waals surface area contributed by atoms with Crippen molar-refractivity contribution in [1.82, 2.24) is 5.32 Å². The van der Waals surface area contributed by atoms with E-state index in [1.165, 1.54) is 7.11 Å². The molecule has 0 fully saturated rings. The highest BCUT2D eigenvalue weighted by Crippen LogP contribution is 2.23. The van der Waals surface area contributed by atoms with Crippen molar-refractivity contribution in [3.05, 3.63) is 58.6 Å². The van der Waals surface area contributed by atoms with E-state index in [4.69, 9.17) is 21.1 Å². The quantitative estimate of drug-likeness (QED) is 0.883. The molecule has 2 aromatic rings. The van der Waals surface area contributed by atoms with Gasteiger partial charge in [0.15, 0.2) is 0 Å². The lowest BCUT2D eigenvalue weighted by Crippen LogP contribution is -2.23. The van der Waals surface area contributed by atoms with E-state index in [9.17, 15) is 4.79 Å². The lowest BCUT2D eigenvalue weighted by atomic mass is 10.1. The Labute approximate surface area is 135 Å². The van der Waals surface area contributed by atoms with Crippen LogP contribution < -0.4 is 14.8 Å². The monoisotopic (exact) mass is 319 g/mol. The molecule has 0 aromatic heterocycles. The maximum atomic E-state index is 12.2. The van der Waals surface area contributed by atoms with Crippen LogP contribution in [0, 0.1) is 0 Å². The Morgan fingerprint density at radius 2 is 1.91 bits per heavy atom. The van der Waals surface area contributed by atoms with Crippen LogP contribution in [0.15, 0.2) is 42.5 Å². The molecule has 0 saturated heterocycles. The second-order valence-corrected chi connectivity index (χ2v) is 5.04. The first-order valence-electron chi connectivity index (χ1n) is 6.97. The molecule has 0 atom stereocenters. The van der Waals surface area contributed by atoms with E-state index in [0.29, 0.717) is 29.5 Å². The average molecular weight is 320 g/mol. The number of amides is 1. The number of rotatable bonds is 6. The average Bonchev–Trinajstić information content (AvgIpc) is 2.54. The van der Waals surface area contributed by atoms with Crippen LogP contribution in [0.25, 0.3) is 0 Å². The first-order valence-corrected chi connectivity index (χ1v) is 7.35. The van der Waals surface area contributed by atoms with E-state index in [1.54, 1.807) is 18.2 Å². The smallest absolute Gasteiger partial charge is 0.255 e. The van der Waals surface area contributed by atoms with Crippen LogP contribution in [0.3, 0.4) is 0 Å². The Hall–Kier alpha value is -2.20. The first kappa shape index (κ1) is 16.2. The molecule has 0 unspecified atom stereocenters. The largest absolute Gasteiger partial charge is 0.496 e. The van der Waals surface area contributed by atoms with Crippen LogP contribution in [0.1, 0.15) is 22.8 Å². The maximum absolute atomic E-state index is 12.2. The lowest BCUT2D eigenvalue weighted by Gasteiger charge is -2.10.